The van der Waals surface area contributed by atoms with Gasteiger partial charge in [-0.15, -0.1) is 11.3 Å². The van der Waals surface area contributed by atoms with Gasteiger partial charge in [0.2, 0.25) is 5.91 Å². The van der Waals surface area contributed by atoms with Crippen LogP contribution >= 0.6 is 11.3 Å². The number of hydrogen-bond donors (Lipinski definition) is 1. The Hall–Kier alpha value is -2.30. The lowest BCUT2D eigenvalue weighted by Crippen LogP contribution is -2.39. The molecule has 0 aliphatic carbocycles. The highest BCUT2D eigenvalue weighted by atomic mass is 32.1. The predicted molar refractivity (Wildman–Crippen MR) is 87.7 cm³/mol. The number of rotatable bonds is 4. The summed E-state index contributed by atoms with van der Waals surface area (Å²) in [5.41, 5.74) is 1.07. The largest absolute Gasteiger partial charge is 0.301 e. The molecule has 4 nitrogen and oxygen atoms in total. The average Bonchev–Trinajstić information content (AvgIpc) is 3.17. The fourth-order valence-corrected chi connectivity index (χ4v) is 3.69. The summed E-state index contributed by atoms with van der Waals surface area (Å²) in [6.07, 6.45) is 0.593. The topological polar surface area (TPSA) is 56.1 Å². The van der Waals surface area contributed by atoms with Crippen molar-refractivity contribution in [2.24, 2.45) is 0 Å². The summed E-state index contributed by atoms with van der Waals surface area (Å²) in [7, 11) is 0. The molecule has 24 heavy (non-hydrogen) atoms. The van der Waals surface area contributed by atoms with Gasteiger partial charge in [0.05, 0.1) is 11.6 Å². The summed E-state index contributed by atoms with van der Waals surface area (Å²) >= 11 is 1.36. The van der Waals surface area contributed by atoms with E-state index in [2.05, 4.69) is 11.4 Å². The first-order valence-electron chi connectivity index (χ1n) is 7.51. The van der Waals surface area contributed by atoms with Crippen molar-refractivity contribution in [3.05, 3.63) is 52.4 Å². The van der Waals surface area contributed by atoms with Gasteiger partial charge < -0.3 is 4.90 Å². The molecule has 0 unspecified atom stereocenters. The van der Waals surface area contributed by atoms with Crippen molar-refractivity contribution in [1.82, 2.24) is 5.32 Å². The smallest absolute Gasteiger partial charge is 0.244 e. The van der Waals surface area contributed by atoms with Crippen molar-refractivity contribution in [1.29, 1.82) is 5.26 Å². The number of carbonyl (C=O) groups is 1. The number of amides is 1. The lowest BCUT2D eigenvalue weighted by atomic mass is 10.1. The van der Waals surface area contributed by atoms with E-state index in [1.54, 1.807) is 23.3 Å². The Morgan fingerprint density at radius 3 is 2.88 bits per heavy atom. The fourth-order valence-electron chi connectivity index (χ4n) is 2.81. The van der Waals surface area contributed by atoms with Gasteiger partial charge >= 0.3 is 0 Å². The van der Waals surface area contributed by atoms with Crippen molar-refractivity contribution in [3.8, 4) is 6.07 Å². The Morgan fingerprint density at radius 1 is 1.38 bits per heavy atom. The number of thiophene rings is 1. The standard InChI is InChI=1S/C17H15F2N3OS/c1-10(11-2-3-13(18)14(19)8-11)21-15-4-6-22(16(15)23)17-12(9-20)5-7-24-17/h2-3,5,7-8,10,15,21H,4,6H2,1H3/t10-,15-/m1/s1. The molecule has 2 heterocycles. The third kappa shape index (κ3) is 3.03. The van der Waals surface area contributed by atoms with Crippen molar-refractivity contribution in [2.45, 2.75) is 25.4 Å². The second-order valence-corrected chi connectivity index (χ2v) is 6.54. The molecule has 124 valence electrons. The molecular weight excluding hydrogens is 332 g/mol. The molecular formula is C17H15F2N3OS. The second kappa shape index (κ2) is 6.67. The molecule has 2 atom stereocenters. The maximum absolute atomic E-state index is 13.4. The SMILES string of the molecule is C[C@@H](N[C@@H]1CCN(c2sccc2C#N)C1=O)c1ccc(F)c(F)c1. The van der Waals surface area contributed by atoms with Gasteiger partial charge in [-0.1, -0.05) is 6.07 Å². The number of halogens is 2. The zero-order chi connectivity index (χ0) is 17.3. The van der Waals surface area contributed by atoms with E-state index in [1.165, 1.54) is 17.4 Å². The Kier molecular flexibility index (Phi) is 4.60. The molecule has 1 aromatic heterocycles. The van der Waals surface area contributed by atoms with E-state index in [4.69, 9.17) is 5.26 Å². The number of benzene rings is 1. The van der Waals surface area contributed by atoms with Crippen LogP contribution in [0, 0.1) is 23.0 Å². The normalized spacial score (nSPS) is 18.7. The van der Waals surface area contributed by atoms with Gasteiger partial charge in [0, 0.05) is 12.6 Å². The van der Waals surface area contributed by atoms with Crippen LogP contribution in [0.25, 0.3) is 0 Å². The van der Waals surface area contributed by atoms with Crippen molar-refractivity contribution >= 4 is 22.2 Å². The maximum atomic E-state index is 13.4. The van der Waals surface area contributed by atoms with Crippen molar-refractivity contribution < 1.29 is 13.6 Å². The minimum Gasteiger partial charge on any atom is -0.301 e. The van der Waals surface area contributed by atoms with Crippen LogP contribution in [-0.2, 0) is 4.79 Å². The summed E-state index contributed by atoms with van der Waals surface area (Å²) in [6, 6.07) is 6.78. The van der Waals surface area contributed by atoms with Crippen LogP contribution in [0.4, 0.5) is 13.8 Å². The summed E-state index contributed by atoms with van der Waals surface area (Å²) in [6.45, 7) is 2.32. The molecule has 0 saturated carbocycles. The first kappa shape index (κ1) is 16.6. The highest BCUT2D eigenvalue weighted by Gasteiger charge is 2.35. The van der Waals surface area contributed by atoms with Crippen molar-refractivity contribution in [2.75, 3.05) is 11.4 Å². The number of nitrogens with zero attached hydrogens (tertiary/aromatic N) is 2. The van der Waals surface area contributed by atoms with Gasteiger partial charge in [-0.2, -0.15) is 5.26 Å². The quantitative estimate of drug-likeness (QED) is 0.923. The van der Waals surface area contributed by atoms with Gasteiger partial charge in [0.1, 0.15) is 11.1 Å². The number of nitrogens with one attached hydrogen (secondary N) is 1. The van der Waals surface area contributed by atoms with Gasteiger partial charge in [-0.3, -0.25) is 10.1 Å². The maximum Gasteiger partial charge on any atom is 0.244 e. The molecule has 1 fully saturated rings. The number of carbonyl (C=O) groups excluding carboxylic acids is 1. The molecule has 2 aromatic rings. The summed E-state index contributed by atoms with van der Waals surface area (Å²) in [5, 5.41) is 14.7. The van der Waals surface area contributed by atoms with E-state index in [9.17, 15) is 13.6 Å². The molecule has 0 spiro atoms. The van der Waals surface area contributed by atoms with E-state index < -0.39 is 17.7 Å². The monoisotopic (exact) mass is 347 g/mol. The van der Waals surface area contributed by atoms with Gasteiger partial charge in [0.25, 0.3) is 0 Å². The van der Waals surface area contributed by atoms with Crippen molar-refractivity contribution in [3.63, 3.8) is 0 Å². The number of hydrogen-bond acceptors (Lipinski definition) is 4. The van der Waals surface area contributed by atoms with Crippen LogP contribution in [-0.4, -0.2) is 18.5 Å². The summed E-state index contributed by atoms with van der Waals surface area (Å²) < 4.78 is 26.4. The van der Waals surface area contributed by atoms with Crippen LogP contribution in [0.2, 0.25) is 0 Å². The molecule has 1 saturated heterocycles. The zero-order valence-electron chi connectivity index (χ0n) is 12.9. The van der Waals surface area contributed by atoms with Crippen LogP contribution in [0.15, 0.2) is 29.6 Å². The van der Waals surface area contributed by atoms with E-state index in [0.29, 0.717) is 29.1 Å². The first-order valence-corrected chi connectivity index (χ1v) is 8.39. The number of nitriles is 1. The predicted octanol–water partition coefficient (Wildman–Crippen LogP) is 3.35. The Morgan fingerprint density at radius 2 is 2.17 bits per heavy atom. The summed E-state index contributed by atoms with van der Waals surface area (Å²) in [4.78, 5) is 14.2. The Labute approximate surface area is 142 Å². The van der Waals surface area contributed by atoms with Crippen LogP contribution < -0.4 is 10.2 Å². The zero-order valence-corrected chi connectivity index (χ0v) is 13.7. The first-order chi connectivity index (χ1) is 11.5. The minimum atomic E-state index is -0.905. The fraction of sp³-hybridized carbons (Fsp3) is 0.294. The van der Waals surface area contributed by atoms with E-state index >= 15 is 0 Å². The Balaban J connectivity index is 1.72. The molecule has 0 radical (unpaired) electrons. The molecule has 3 rings (SSSR count). The molecule has 1 amide bonds. The van der Waals surface area contributed by atoms with E-state index in [-0.39, 0.29) is 11.9 Å². The van der Waals surface area contributed by atoms with E-state index in [1.807, 2.05) is 0 Å². The lowest BCUT2D eigenvalue weighted by molar-refractivity contribution is -0.118. The van der Waals surface area contributed by atoms with Crippen LogP contribution in [0.5, 0.6) is 0 Å². The minimum absolute atomic E-state index is 0.108. The average molecular weight is 347 g/mol. The summed E-state index contributed by atoms with van der Waals surface area (Å²) in [5.74, 6) is -1.91. The van der Waals surface area contributed by atoms with Gasteiger partial charge in [-0.05, 0) is 42.5 Å². The highest BCUT2D eigenvalue weighted by Crippen LogP contribution is 2.31. The molecule has 1 aliphatic rings. The van der Waals surface area contributed by atoms with Crippen LogP contribution in [0.1, 0.15) is 30.5 Å². The molecule has 0 bridgehead atoms. The van der Waals surface area contributed by atoms with Crippen LogP contribution in [0.3, 0.4) is 0 Å². The Bertz CT molecular complexity index is 814. The molecule has 7 heteroatoms. The third-order valence-electron chi connectivity index (χ3n) is 4.11. The van der Waals surface area contributed by atoms with E-state index in [0.717, 1.165) is 12.1 Å². The lowest BCUT2D eigenvalue weighted by Gasteiger charge is -2.20. The van der Waals surface area contributed by atoms with Gasteiger partial charge in [0.15, 0.2) is 11.6 Å². The highest BCUT2D eigenvalue weighted by molar-refractivity contribution is 7.14. The molecule has 1 aromatic carbocycles. The third-order valence-corrected chi connectivity index (χ3v) is 5.05. The van der Waals surface area contributed by atoms with Gasteiger partial charge in [-0.25, -0.2) is 8.78 Å². The number of anilines is 1. The molecule has 1 N–H and O–H groups in total. The second-order valence-electron chi connectivity index (χ2n) is 5.64. The molecule has 1 aliphatic heterocycles.